The van der Waals surface area contributed by atoms with E-state index in [0.717, 1.165) is 11.1 Å². The highest BCUT2D eigenvalue weighted by Gasteiger charge is 2.15. The van der Waals surface area contributed by atoms with Crippen LogP contribution in [-0.4, -0.2) is 8.42 Å². The molecule has 0 aromatic heterocycles. The second-order valence-electron chi connectivity index (χ2n) is 4.24. The van der Waals surface area contributed by atoms with Gasteiger partial charge in [0.2, 0.25) is 0 Å². The van der Waals surface area contributed by atoms with Gasteiger partial charge in [-0.15, -0.1) is 4.28 Å². The molecule has 0 atom stereocenters. The first-order chi connectivity index (χ1) is 10.0. The Hall–Kier alpha value is -2.37. The Labute approximate surface area is 124 Å². The molecule has 0 unspecified atom stereocenters. The van der Waals surface area contributed by atoms with E-state index in [1.165, 1.54) is 12.1 Å². The lowest BCUT2D eigenvalue weighted by Crippen LogP contribution is -2.11. The average Bonchev–Trinajstić information content (AvgIpc) is 2.53. The zero-order chi connectivity index (χ0) is 15.3. The van der Waals surface area contributed by atoms with E-state index < -0.39 is 10.1 Å². The second kappa shape index (κ2) is 6.39. The number of hydrogen-bond acceptors (Lipinski definition) is 4. The first-order valence-electron chi connectivity index (χ1n) is 6.19. The maximum atomic E-state index is 12.0. The van der Waals surface area contributed by atoms with Crippen LogP contribution >= 0.6 is 0 Å². The normalized spacial score (nSPS) is 10.9. The van der Waals surface area contributed by atoms with Crippen LogP contribution in [0.25, 0.3) is 12.2 Å². The van der Waals surface area contributed by atoms with Gasteiger partial charge in [0.05, 0.1) is 10.6 Å². The number of anilines is 1. The van der Waals surface area contributed by atoms with Gasteiger partial charge in [-0.25, -0.2) is 5.48 Å². The van der Waals surface area contributed by atoms with Crippen molar-refractivity contribution in [3.8, 4) is 0 Å². The maximum Gasteiger partial charge on any atom is 0.317 e. The summed E-state index contributed by atoms with van der Waals surface area (Å²) in [6.07, 6.45) is 3.33. The van der Waals surface area contributed by atoms with Crippen LogP contribution in [0.1, 0.15) is 11.1 Å². The average molecular weight is 301 g/mol. The van der Waals surface area contributed by atoms with Crippen LogP contribution in [0.15, 0.2) is 66.6 Å². The standard InChI is InChI=1S/C16H15NO3S/c1-3-13-5-9-15(10-6-13)17-20-21(18,19)16-11-7-14(4-2)8-12-16/h3-12,17H,1-2H2. The molecule has 2 rings (SSSR count). The van der Waals surface area contributed by atoms with E-state index in [1.54, 1.807) is 48.6 Å². The van der Waals surface area contributed by atoms with E-state index in [9.17, 15) is 8.42 Å². The topological polar surface area (TPSA) is 55.4 Å². The predicted octanol–water partition coefficient (Wildman–Crippen LogP) is 3.71. The summed E-state index contributed by atoms with van der Waals surface area (Å²) in [6.45, 7) is 7.26. The third-order valence-corrected chi connectivity index (χ3v) is 3.97. The highest BCUT2D eigenvalue weighted by Crippen LogP contribution is 2.16. The molecule has 0 bridgehead atoms. The van der Waals surface area contributed by atoms with Gasteiger partial charge in [-0.3, -0.25) is 0 Å². The maximum absolute atomic E-state index is 12.0. The Kier molecular flexibility index (Phi) is 4.57. The van der Waals surface area contributed by atoms with Crippen molar-refractivity contribution in [2.24, 2.45) is 0 Å². The molecule has 2 aromatic carbocycles. The quantitative estimate of drug-likeness (QED) is 0.826. The minimum Gasteiger partial charge on any atom is -0.249 e. The molecule has 0 aliphatic rings. The van der Waals surface area contributed by atoms with Crippen molar-refractivity contribution in [3.05, 3.63) is 72.8 Å². The van der Waals surface area contributed by atoms with Gasteiger partial charge in [0.1, 0.15) is 0 Å². The lowest BCUT2D eigenvalue weighted by atomic mass is 10.2. The van der Waals surface area contributed by atoms with Gasteiger partial charge in [-0.05, 0) is 35.4 Å². The van der Waals surface area contributed by atoms with Crippen LogP contribution in [-0.2, 0) is 14.4 Å². The number of nitrogens with one attached hydrogen (secondary N) is 1. The first kappa shape index (κ1) is 15.0. The molecule has 0 amide bonds. The summed E-state index contributed by atoms with van der Waals surface area (Å²) in [4.78, 5) is 0.0725. The Morgan fingerprint density at radius 1 is 0.857 bits per heavy atom. The van der Waals surface area contributed by atoms with E-state index in [4.69, 9.17) is 4.28 Å². The number of benzene rings is 2. The molecule has 0 saturated heterocycles. The molecule has 5 heteroatoms. The fraction of sp³-hybridized carbons (Fsp3) is 0. The predicted molar refractivity (Wildman–Crippen MR) is 85.0 cm³/mol. The molecule has 2 aromatic rings. The molecule has 0 radical (unpaired) electrons. The van der Waals surface area contributed by atoms with Crippen LogP contribution in [0, 0.1) is 0 Å². The van der Waals surface area contributed by atoms with Gasteiger partial charge in [-0.1, -0.05) is 49.6 Å². The van der Waals surface area contributed by atoms with Gasteiger partial charge in [0.15, 0.2) is 0 Å². The van der Waals surface area contributed by atoms with Gasteiger partial charge in [0, 0.05) is 0 Å². The number of hydrogen-bond donors (Lipinski definition) is 1. The summed E-state index contributed by atoms with van der Waals surface area (Å²) in [7, 11) is -3.86. The summed E-state index contributed by atoms with van der Waals surface area (Å²) in [5.41, 5.74) is 4.72. The molecule has 0 heterocycles. The third kappa shape index (κ3) is 3.81. The van der Waals surface area contributed by atoms with Gasteiger partial charge >= 0.3 is 10.1 Å². The Morgan fingerprint density at radius 2 is 1.33 bits per heavy atom. The van der Waals surface area contributed by atoms with E-state index >= 15 is 0 Å². The minimum absolute atomic E-state index is 0.0725. The Balaban J connectivity index is 2.09. The van der Waals surface area contributed by atoms with Crippen LogP contribution in [0.4, 0.5) is 5.69 Å². The fourth-order valence-corrected chi connectivity index (χ4v) is 2.38. The zero-order valence-corrected chi connectivity index (χ0v) is 12.1. The third-order valence-electron chi connectivity index (χ3n) is 2.82. The van der Waals surface area contributed by atoms with Crippen LogP contribution in [0.5, 0.6) is 0 Å². The largest absolute Gasteiger partial charge is 0.317 e. The van der Waals surface area contributed by atoms with Crippen LogP contribution in [0.3, 0.4) is 0 Å². The van der Waals surface area contributed by atoms with Gasteiger partial charge in [-0.2, -0.15) is 8.42 Å². The van der Waals surface area contributed by atoms with E-state index in [2.05, 4.69) is 18.6 Å². The summed E-state index contributed by atoms with van der Waals surface area (Å²) in [5, 5.41) is 0. The smallest absolute Gasteiger partial charge is 0.249 e. The van der Waals surface area contributed by atoms with E-state index in [-0.39, 0.29) is 4.90 Å². The van der Waals surface area contributed by atoms with Crippen molar-refractivity contribution in [3.63, 3.8) is 0 Å². The molecular formula is C16H15NO3S. The van der Waals surface area contributed by atoms with Crippen molar-refractivity contribution in [1.82, 2.24) is 0 Å². The van der Waals surface area contributed by atoms with Gasteiger partial charge < -0.3 is 0 Å². The fourth-order valence-electron chi connectivity index (χ4n) is 1.61. The van der Waals surface area contributed by atoms with Crippen molar-refractivity contribution in [2.75, 3.05) is 5.48 Å². The SMILES string of the molecule is C=Cc1ccc(NOS(=O)(=O)c2ccc(C=C)cc2)cc1. The lowest BCUT2D eigenvalue weighted by Gasteiger charge is -2.08. The molecule has 0 aliphatic heterocycles. The highest BCUT2D eigenvalue weighted by molar-refractivity contribution is 7.86. The van der Waals surface area contributed by atoms with Gasteiger partial charge in [0.25, 0.3) is 0 Å². The molecule has 21 heavy (non-hydrogen) atoms. The summed E-state index contributed by atoms with van der Waals surface area (Å²) in [6, 6.07) is 13.2. The second-order valence-corrected chi connectivity index (χ2v) is 5.79. The van der Waals surface area contributed by atoms with Crippen LogP contribution in [0.2, 0.25) is 0 Å². The molecule has 4 nitrogen and oxygen atoms in total. The monoisotopic (exact) mass is 301 g/mol. The highest BCUT2D eigenvalue weighted by atomic mass is 32.2. The molecule has 0 fully saturated rings. The van der Waals surface area contributed by atoms with E-state index in [0.29, 0.717) is 5.69 Å². The molecule has 1 N–H and O–H groups in total. The molecule has 108 valence electrons. The number of rotatable bonds is 6. The van der Waals surface area contributed by atoms with Crippen molar-refractivity contribution in [1.29, 1.82) is 0 Å². The molecule has 0 spiro atoms. The summed E-state index contributed by atoms with van der Waals surface area (Å²) >= 11 is 0. The summed E-state index contributed by atoms with van der Waals surface area (Å²) < 4.78 is 28.8. The zero-order valence-electron chi connectivity index (χ0n) is 11.3. The van der Waals surface area contributed by atoms with Crippen molar-refractivity contribution >= 4 is 28.0 Å². The minimum atomic E-state index is -3.86. The molecule has 0 saturated carbocycles. The lowest BCUT2D eigenvalue weighted by molar-refractivity contribution is 0.391. The van der Waals surface area contributed by atoms with Crippen molar-refractivity contribution < 1.29 is 12.7 Å². The molecule has 0 aliphatic carbocycles. The first-order valence-corrected chi connectivity index (χ1v) is 7.60. The Bertz CT molecular complexity index is 732. The summed E-state index contributed by atoms with van der Waals surface area (Å²) in [5.74, 6) is 0. The van der Waals surface area contributed by atoms with E-state index in [1.807, 2.05) is 0 Å². The Morgan fingerprint density at radius 3 is 1.81 bits per heavy atom. The molecular weight excluding hydrogens is 286 g/mol. The van der Waals surface area contributed by atoms with Crippen molar-refractivity contribution in [2.45, 2.75) is 4.90 Å². The van der Waals surface area contributed by atoms with Crippen LogP contribution < -0.4 is 5.48 Å².